The van der Waals surface area contributed by atoms with Gasteiger partial charge in [-0.05, 0) is 29.3 Å². The molecule has 1 N–H and O–H groups in total. The molecular formula is C21H24N2O2. The summed E-state index contributed by atoms with van der Waals surface area (Å²) in [4.78, 5) is 2.42. The highest BCUT2D eigenvalue weighted by Gasteiger charge is 2.15. The molecule has 1 saturated heterocycles. The number of hydrogen-bond acceptors (Lipinski definition) is 4. The fourth-order valence-electron chi connectivity index (χ4n) is 3.40. The van der Waals surface area contributed by atoms with Crippen LogP contribution in [0.25, 0.3) is 6.08 Å². The summed E-state index contributed by atoms with van der Waals surface area (Å²) in [6.07, 6.45) is 2.24. The van der Waals surface area contributed by atoms with E-state index >= 15 is 0 Å². The second kappa shape index (κ2) is 7.72. The lowest BCUT2D eigenvalue weighted by atomic mass is 10.1. The standard InChI is InChI=1S/C21H24N2O2/c1-3-7-20(23-9-11-24-12-10-23)19(6-1)15-22-14-17-13-18-5-2-4-8-21(18)25-16-17/h1-8,13,22H,9-12,14-16H2. The first-order chi connectivity index (χ1) is 12.4. The molecule has 0 spiro atoms. The number of nitrogens with zero attached hydrogens (tertiary/aromatic N) is 1. The third kappa shape index (κ3) is 3.86. The number of para-hydroxylation sites is 2. The normalized spacial score (nSPS) is 16.8. The van der Waals surface area contributed by atoms with Gasteiger partial charge >= 0.3 is 0 Å². The van der Waals surface area contributed by atoms with E-state index in [0.717, 1.165) is 45.1 Å². The number of benzene rings is 2. The van der Waals surface area contributed by atoms with Gasteiger partial charge in [0.15, 0.2) is 0 Å². The van der Waals surface area contributed by atoms with E-state index in [9.17, 15) is 0 Å². The molecule has 0 radical (unpaired) electrons. The maximum absolute atomic E-state index is 5.83. The number of rotatable bonds is 5. The second-order valence-electron chi connectivity index (χ2n) is 6.46. The number of hydrogen-bond donors (Lipinski definition) is 1. The minimum Gasteiger partial charge on any atom is -0.489 e. The number of nitrogens with one attached hydrogen (secondary N) is 1. The molecule has 2 aromatic carbocycles. The van der Waals surface area contributed by atoms with E-state index in [-0.39, 0.29) is 0 Å². The third-order valence-corrected chi connectivity index (χ3v) is 4.70. The van der Waals surface area contributed by atoms with E-state index in [1.54, 1.807) is 0 Å². The largest absolute Gasteiger partial charge is 0.489 e. The van der Waals surface area contributed by atoms with Crippen molar-refractivity contribution in [1.29, 1.82) is 0 Å². The van der Waals surface area contributed by atoms with Gasteiger partial charge in [-0.1, -0.05) is 36.4 Å². The lowest BCUT2D eigenvalue weighted by Crippen LogP contribution is -2.37. The zero-order chi connectivity index (χ0) is 16.9. The third-order valence-electron chi connectivity index (χ3n) is 4.70. The number of ether oxygens (including phenoxy) is 2. The van der Waals surface area contributed by atoms with Gasteiger partial charge in [-0.2, -0.15) is 0 Å². The van der Waals surface area contributed by atoms with Gasteiger partial charge in [0.05, 0.1) is 13.2 Å². The molecule has 0 saturated carbocycles. The maximum Gasteiger partial charge on any atom is 0.127 e. The van der Waals surface area contributed by atoms with Crippen molar-refractivity contribution >= 4 is 11.8 Å². The molecule has 2 aromatic rings. The molecule has 2 heterocycles. The summed E-state index contributed by atoms with van der Waals surface area (Å²) in [6.45, 7) is 5.91. The zero-order valence-electron chi connectivity index (χ0n) is 14.4. The smallest absolute Gasteiger partial charge is 0.127 e. The van der Waals surface area contributed by atoms with Crippen LogP contribution >= 0.6 is 0 Å². The highest BCUT2D eigenvalue weighted by Crippen LogP contribution is 2.25. The van der Waals surface area contributed by atoms with Gasteiger partial charge in [0, 0.05) is 37.4 Å². The lowest BCUT2D eigenvalue weighted by molar-refractivity contribution is 0.122. The Hall–Kier alpha value is -2.30. The summed E-state index contributed by atoms with van der Waals surface area (Å²) in [5.74, 6) is 0.976. The van der Waals surface area contributed by atoms with Crippen LogP contribution in [0.5, 0.6) is 5.75 Å². The molecular weight excluding hydrogens is 312 g/mol. The number of morpholine rings is 1. The minimum atomic E-state index is 0.662. The predicted molar refractivity (Wildman–Crippen MR) is 101 cm³/mol. The van der Waals surface area contributed by atoms with E-state index < -0.39 is 0 Å². The molecule has 2 aliphatic rings. The maximum atomic E-state index is 5.83. The summed E-state index contributed by atoms with van der Waals surface area (Å²) in [5.41, 5.74) is 5.10. The average Bonchev–Trinajstić information content (AvgIpc) is 2.69. The molecule has 0 amide bonds. The molecule has 130 valence electrons. The van der Waals surface area contributed by atoms with Gasteiger partial charge in [-0.25, -0.2) is 0 Å². The van der Waals surface area contributed by atoms with Crippen molar-refractivity contribution in [2.75, 3.05) is 44.4 Å². The summed E-state index contributed by atoms with van der Waals surface area (Å²) in [5, 5.41) is 3.58. The molecule has 0 atom stereocenters. The van der Waals surface area contributed by atoms with Crippen LogP contribution in [0.15, 0.2) is 54.1 Å². The van der Waals surface area contributed by atoms with Gasteiger partial charge in [0.2, 0.25) is 0 Å². The van der Waals surface area contributed by atoms with Crippen molar-refractivity contribution in [3.8, 4) is 5.75 Å². The number of fused-ring (bicyclic) bond motifs is 1. The Morgan fingerprint density at radius 3 is 2.64 bits per heavy atom. The van der Waals surface area contributed by atoms with Crippen LogP contribution in [-0.4, -0.2) is 39.5 Å². The highest BCUT2D eigenvalue weighted by molar-refractivity contribution is 5.62. The molecule has 0 unspecified atom stereocenters. The van der Waals surface area contributed by atoms with Crippen molar-refractivity contribution in [2.24, 2.45) is 0 Å². The van der Waals surface area contributed by atoms with E-state index in [1.165, 1.54) is 22.4 Å². The predicted octanol–water partition coefficient (Wildman–Crippen LogP) is 3.09. The van der Waals surface area contributed by atoms with Crippen LogP contribution < -0.4 is 15.0 Å². The summed E-state index contributed by atoms with van der Waals surface area (Å²) < 4.78 is 11.3. The molecule has 0 bridgehead atoms. The first-order valence-electron chi connectivity index (χ1n) is 8.93. The van der Waals surface area contributed by atoms with E-state index in [4.69, 9.17) is 9.47 Å². The molecule has 4 rings (SSSR count). The SMILES string of the molecule is C1=C(CNCc2ccccc2N2CCOCC2)COc2ccccc21. The van der Waals surface area contributed by atoms with E-state index in [2.05, 4.69) is 46.6 Å². The van der Waals surface area contributed by atoms with Crippen molar-refractivity contribution < 1.29 is 9.47 Å². The summed E-state index contributed by atoms with van der Waals surface area (Å²) in [6, 6.07) is 16.8. The van der Waals surface area contributed by atoms with Crippen molar-refractivity contribution in [1.82, 2.24) is 5.32 Å². The highest BCUT2D eigenvalue weighted by atomic mass is 16.5. The van der Waals surface area contributed by atoms with Gasteiger partial charge < -0.3 is 19.7 Å². The van der Waals surface area contributed by atoms with Crippen LogP contribution in [0.3, 0.4) is 0 Å². The van der Waals surface area contributed by atoms with Crippen molar-refractivity contribution in [3.63, 3.8) is 0 Å². The van der Waals surface area contributed by atoms with Gasteiger partial charge in [-0.3, -0.25) is 0 Å². The monoisotopic (exact) mass is 336 g/mol. The fourth-order valence-corrected chi connectivity index (χ4v) is 3.40. The first-order valence-corrected chi connectivity index (χ1v) is 8.93. The van der Waals surface area contributed by atoms with Gasteiger partial charge in [0.25, 0.3) is 0 Å². The van der Waals surface area contributed by atoms with Crippen LogP contribution in [0.4, 0.5) is 5.69 Å². The average molecular weight is 336 g/mol. The Bertz CT molecular complexity index is 751. The molecule has 1 fully saturated rings. The second-order valence-corrected chi connectivity index (χ2v) is 6.46. The van der Waals surface area contributed by atoms with Gasteiger partial charge in [0.1, 0.15) is 12.4 Å². The molecule has 4 nitrogen and oxygen atoms in total. The Morgan fingerprint density at radius 1 is 0.920 bits per heavy atom. The quantitative estimate of drug-likeness (QED) is 0.910. The fraction of sp³-hybridized carbons (Fsp3) is 0.333. The van der Waals surface area contributed by atoms with Gasteiger partial charge in [-0.15, -0.1) is 0 Å². The molecule has 4 heteroatoms. The Balaban J connectivity index is 1.39. The molecule has 2 aliphatic heterocycles. The van der Waals surface area contributed by atoms with Crippen LogP contribution in [0.1, 0.15) is 11.1 Å². The number of anilines is 1. The summed E-state index contributed by atoms with van der Waals surface area (Å²) in [7, 11) is 0. The zero-order valence-corrected chi connectivity index (χ0v) is 14.4. The van der Waals surface area contributed by atoms with Crippen molar-refractivity contribution in [2.45, 2.75) is 6.54 Å². The van der Waals surface area contributed by atoms with Crippen LogP contribution in [0.2, 0.25) is 0 Å². The topological polar surface area (TPSA) is 33.7 Å². The lowest BCUT2D eigenvalue weighted by Gasteiger charge is -2.30. The Morgan fingerprint density at radius 2 is 1.72 bits per heavy atom. The molecule has 0 aromatic heterocycles. The Kier molecular flexibility index (Phi) is 5.00. The van der Waals surface area contributed by atoms with E-state index in [0.29, 0.717) is 6.61 Å². The van der Waals surface area contributed by atoms with Crippen molar-refractivity contribution in [3.05, 3.63) is 65.2 Å². The van der Waals surface area contributed by atoms with Crippen LogP contribution in [0, 0.1) is 0 Å². The molecule has 0 aliphatic carbocycles. The minimum absolute atomic E-state index is 0.662. The first kappa shape index (κ1) is 16.2. The van der Waals surface area contributed by atoms with Crippen LogP contribution in [-0.2, 0) is 11.3 Å². The summed E-state index contributed by atoms with van der Waals surface area (Å²) >= 11 is 0. The van der Waals surface area contributed by atoms with E-state index in [1.807, 2.05) is 18.2 Å². The molecule has 25 heavy (non-hydrogen) atoms. The Labute approximate surface area is 149 Å².